The number of carboxylic acids is 1. The third kappa shape index (κ3) is 3.11. The van der Waals surface area contributed by atoms with Gasteiger partial charge in [-0.15, -0.1) is 0 Å². The first kappa shape index (κ1) is 15.6. The molecule has 0 aliphatic carbocycles. The van der Waals surface area contributed by atoms with E-state index in [1.54, 1.807) is 37.1 Å². The molecule has 0 saturated carbocycles. The molecule has 22 heavy (non-hydrogen) atoms. The summed E-state index contributed by atoms with van der Waals surface area (Å²) in [4.78, 5) is 25.9. The molecule has 1 aliphatic rings. The Hall–Kier alpha value is -2.75. The van der Waals surface area contributed by atoms with Crippen LogP contribution in [0.2, 0.25) is 0 Å². The maximum Gasteiger partial charge on any atom is 0.305 e. The summed E-state index contributed by atoms with van der Waals surface area (Å²) in [5.41, 5.74) is 1.29. The second kappa shape index (κ2) is 6.35. The molecule has 0 aromatic heterocycles. The summed E-state index contributed by atoms with van der Waals surface area (Å²) in [5.74, 6) is -0.485. The Morgan fingerprint density at radius 1 is 1.55 bits per heavy atom. The number of carboxylic acid groups (broad SMARTS) is 1. The molecule has 1 aromatic rings. The molecule has 1 amide bonds. The smallest absolute Gasteiger partial charge is 0.305 e. The number of hydrogen-bond acceptors (Lipinski definition) is 5. The van der Waals surface area contributed by atoms with Gasteiger partial charge in [-0.25, -0.2) is 0 Å². The predicted molar refractivity (Wildman–Crippen MR) is 80.0 cm³/mol. The topological polar surface area (TPSA) is 93.9 Å². The van der Waals surface area contributed by atoms with E-state index >= 15 is 0 Å². The second-order valence-corrected chi connectivity index (χ2v) is 5.03. The van der Waals surface area contributed by atoms with Gasteiger partial charge < -0.3 is 19.6 Å². The Labute approximate surface area is 128 Å². The molecular formula is C15H17N3O4. The highest BCUT2D eigenvalue weighted by Crippen LogP contribution is 2.36. The minimum atomic E-state index is -0.926. The highest BCUT2D eigenvalue weighted by Gasteiger charge is 2.29. The molecule has 1 aliphatic heterocycles. The van der Waals surface area contributed by atoms with Gasteiger partial charge in [-0.2, -0.15) is 5.26 Å². The van der Waals surface area contributed by atoms with Crippen LogP contribution in [0.1, 0.15) is 13.3 Å². The van der Waals surface area contributed by atoms with Gasteiger partial charge in [0.05, 0.1) is 18.2 Å². The van der Waals surface area contributed by atoms with Crippen LogP contribution in [0.5, 0.6) is 5.75 Å². The number of anilines is 2. The lowest BCUT2D eigenvalue weighted by atomic mass is 10.1. The lowest BCUT2D eigenvalue weighted by Gasteiger charge is -2.31. The third-order valence-corrected chi connectivity index (χ3v) is 3.51. The fourth-order valence-electron chi connectivity index (χ4n) is 2.31. The standard InChI is InChI=1S/C15H17N3O4/c1-10-15(21)17(2)12-9-11(3-4-13(12)22-10)18(8-6-16)7-5-14(19)20/h3-4,9-10H,5,7-8H2,1-2H3,(H,19,20). The molecule has 1 aromatic carbocycles. The first-order chi connectivity index (χ1) is 10.4. The van der Waals surface area contributed by atoms with Crippen molar-refractivity contribution in [3.63, 3.8) is 0 Å². The quantitative estimate of drug-likeness (QED) is 0.822. The molecule has 2 rings (SSSR count). The summed E-state index contributed by atoms with van der Waals surface area (Å²) in [6, 6.07) is 7.24. The number of nitrogens with zero attached hydrogens (tertiary/aromatic N) is 3. The number of benzene rings is 1. The Kier molecular flexibility index (Phi) is 4.51. The van der Waals surface area contributed by atoms with Gasteiger partial charge in [0.1, 0.15) is 12.3 Å². The average Bonchev–Trinajstić information content (AvgIpc) is 2.49. The molecule has 0 fully saturated rings. The van der Waals surface area contributed by atoms with Crippen LogP contribution in [0.15, 0.2) is 18.2 Å². The molecule has 7 heteroatoms. The minimum absolute atomic E-state index is 0.0684. The number of carbonyl (C=O) groups excluding carboxylic acids is 1. The molecule has 0 saturated heterocycles. The molecule has 7 nitrogen and oxygen atoms in total. The van der Waals surface area contributed by atoms with Crippen molar-refractivity contribution in [3.05, 3.63) is 18.2 Å². The number of ether oxygens (including phenoxy) is 1. The summed E-state index contributed by atoms with van der Waals surface area (Å²) in [5, 5.41) is 17.7. The zero-order valence-corrected chi connectivity index (χ0v) is 12.4. The number of nitriles is 1. The molecule has 0 radical (unpaired) electrons. The first-order valence-corrected chi connectivity index (χ1v) is 6.86. The van der Waals surface area contributed by atoms with Crippen molar-refractivity contribution < 1.29 is 19.4 Å². The van der Waals surface area contributed by atoms with Crippen LogP contribution in [0.25, 0.3) is 0 Å². The van der Waals surface area contributed by atoms with Crippen LogP contribution in [-0.4, -0.2) is 43.2 Å². The highest BCUT2D eigenvalue weighted by molar-refractivity contribution is 5.99. The van der Waals surface area contributed by atoms with Crippen molar-refractivity contribution in [2.45, 2.75) is 19.4 Å². The number of amides is 1. The molecule has 0 spiro atoms. The Morgan fingerprint density at radius 2 is 2.27 bits per heavy atom. The van der Waals surface area contributed by atoms with E-state index in [1.807, 2.05) is 6.07 Å². The van der Waals surface area contributed by atoms with Crippen molar-refractivity contribution in [2.24, 2.45) is 0 Å². The summed E-state index contributed by atoms with van der Waals surface area (Å²) in [7, 11) is 1.66. The second-order valence-electron chi connectivity index (χ2n) is 5.03. The monoisotopic (exact) mass is 303 g/mol. The lowest BCUT2D eigenvalue weighted by Crippen LogP contribution is -2.42. The number of carbonyl (C=O) groups is 2. The number of hydrogen-bond donors (Lipinski definition) is 1. The average molecular weight is 303 g/mol. The van der Waals surface area contributed by atoms with Crippen molar-refractivity contribution in [2.75, 3.05) is 29.9 Å². The van der Waals surface area contributed by atoms with E-state index < -0.39 is 12.1 Å². The van der Waals surface area contributed by atoms with E-state index in [4.69, 9.17) is 15.1 Å². The van der Waals surface area contributed by atoms with Gasteiger partial charge in [0.2, 0.25) is 0 Å². The van der Waals surface area contributed by atoms with E-state index in [0.717, 1.165) is 0 Å². The van der Waals surface area contributed by atoms with Crippen LogP contribution in [-0.2, 0) is 9.59 Å². The summed E-state index contributed by atoms with van der Waals surface area (Å²) in [6.45, 7) is 1.97. The van der Waals surface area contributed by atoms with Crippen LogP contribution in [0.3, 0.4) is 0 Å². The zero-order valence-electron chi connectivity index (χ0n) is 12.4. The lowest BCUT2D eigenvalue weighted by molar-refractivity contribution is -0.136. The predicted octanol–water partition coefficient (Wildman–Crippen LogP) is 1.23. The molecule has 1 N–H and O–H groups in total. The Bertz CT molecular complexity index is 638. The van der Waals surface area contributed by atoms with Gasteiger partial charge in [0, 0.05) is 19.3 Å². The fraction of sp³-hybridized carbons (Fsp3) is 0.400. The highest BCUT2D eigenvalue weighted by atomic mass is 16.5. The maximum atomic E-state index is 12.0. The van der Waals surface area contributed by atoms with Crippen LogP contribution < -0.4 is 14.5 Å². The fourth-order valence-corrected chi connectivity index (χ4v) is 2.31. The van der Waals surface area contributed by atoms with Crippen LogP contribution in [0.4, 0.5) is 11.4 Å². The van der Waals surface area contributed by atoms with E-state index in [-0.39, 0.29) is 25.4 Å². The number of rotatable bonds is 5. The largest absolute Gasteiger partial charge is 0.481 e. The molecule has 1 atom stereocenters. The van der Waals surface area contributed by atoms with Crippen molar-refractivity contribution in [1.82, 2.24) is 0 Å². The third-order valence-electron chi connectivity index (χ3n) is 3.51. The molecular weight excluding hydrogens is 286 g/mol. The van der Waals surface area contributed by atoms with E-state index in [9.17, 15) is 9.59 Å². The zero-order chi connectivity index (χ0) is 16.3. The van der Waals surface area contributed by atoms with Gasteiger partial charge in [0.25, 0.3) is 5.91 Å². The Morgan fingerprint density at radius 3 is 2.91 bits per heavy atom. The van der Waals surface area contributed by atoms with E-state index in [0.29, 0.717) is 17.1 Å². The van der Waals surface area contributed by atoms with Gasteiger partial charge in [0.15, 0.2) is 6.10 Å². The molecule has 1 unspecified atom stereocenters. The first-order valence-electron chi connectivity index (χ1n) is 6.86. The van der Waals surface area contributed by atoms with E-state index in [2.05, 4.69) is 0 Å². The van der Waals surface area contributed by atoms with Crippen LogP contribution >= 0.6 is 0 Å². The van der Waals surface area contributed by atoms with Crippen molar-refractivity contribution in [1.29, 1.82) is 5.26 Å². The summed E-state index contributed by atoms with van der Waals surface area (Å²) in [6.07, 6.45) is -0.605. The van der Waals surface area contributed by atoms with Crippen LogP contribution in [0, 0.1) is 11.3 Å². The van der Waals surface area contributed by atoms with Gasteiger partial charge in [-0.05, 0) is 25.1 Å². The maximum absolute atomic E-state index is 12.0. The van der Waals surface area contributed by atoms with Crippen molar-refractivity contribution in [3.8, 4) is 11.8 Å². The summed E-state index contributed by atoms with van der Waals surface area (Å²) >= 11 is 0. The Balaban J connectivity index is 2.30. The van der Waals surface area contributed by atoms with E-state index in [1.165, 1.54) is 4.90 Å². The normalized spacial score (nSPS) is 16.5. The molecule has 0 bridgehead atoms. The molecule has 116 valence electrons. The molecule has 1 heterocycles. The minimum Gasteiger partial charge on any atom is -0.481 e. The van der Waals surface area contributed by atoms with Gasteiger partial charge in [-0.3, -0.25) is 9.59 Å². The van der Waals surface area contributed by atoms with Crippen molar-refractivity contribution >= 4 is 23.3 Å². The van der Waals surface area contributed by atoms with Gasteiger partial charge >= 0.3 is 5.97 Å². The SMILES string of the molecule is CC1Oc2ccc(N(CC#N)CCC(=O)O)cc2N(C)C1=O. The summed E-state index contributed by atoms with van der Waals surface area (Å²) < 4.78 is 5.54. The van der Waals surface area contributed by atoms with Gasteiger partial charge in [-0.1, -0.05) is 0 Å². The number of fused-ring (bicyclic) bond motifs is 1. The number of likely N-dealkylation sites (N-methyl/N-ethyl adjacent to an activating group) is 1. The number of aliphatic carboxylic acids is 1.